The van der Waals surface area contributed by atoms with Crippen molar-refractivity contribution >= 4 is 23.9 Å². The van der Waals surface area contributed by atoms with Crippen molar-refractivity contribution in [1.29, 1.82) is 0 Å². The highest BCUT2D eigenvalue weighted by atomic mass is 16.6. The lowest BCUT2D eigenvalue weighted by Gasteiger charge is -1.94. The number of carboxylic acid groups (broad SMARTS) is 2. The number of hydrogen-bond acceptors (Lipinski definition) is 10. The van der Waals surface area contributed by atoms with Gasteiger partial charge in [0.15, 0.2) is 0 Å². The Bertz CT molecular complexity index is 611. The Morgan fingerprint density at radius 1 is 0.700 bits per heavy atom. The summed E-state index contributed by atoms with van der Waals surface area (Å²) in [6.45, 7) is 0.446. The van der Waals surface area contributed by atoms with Crippen LogP contribution in [0.2, 0.25) is 0 Å². The van der Waals surface area contributed by atoms with Crippen molar-refractivity contribution < 1.29 is 59.3 Å². The minimum Gasteiger partial charge on any atom is -0.478 e. The molecule has 1 aliphatic heterocycles. The number of carbonyl (C=O) groups excluding carboxylic acids is 2. The summed E-state index contributed by atoms with van der Waals surface area (Å²) in [6.07, 6.45) is 2.17. The number of aliphatic hydroxyl groups is 4. The first kappa shape index (κ1) is 29.0. The van der Waals surface area contributed by atoms with Crippen LogP contribution in [-0.2, 0) is 19.1 Å². The molecule has 12 heteroatoms. The zero-order valence-corrected chi connectivity index (χ0v) is 15.8. The van der Waals surface area contributed by atoms with Crippen LogP contribution in [0.3, 0.4) is 0 Å². The molecule has 1 aromatic carbocycles. The number of hydrogen-bond donors (Lipinski definition) is 6. The van der Waals surface area contributed by atoms with E-state index < -0.39 is 23.9 Å². The maximum atomic E-state index is 10.3. The number of rotatable bonds is 7. The Labute approximate surface area is 171 Å². The SMILES string of the molecule is O=C(O)c1ccc(C(=O)O)cc1.O=C1C=CC(=O)O1.OCCO.OCCOCCO. The van der Waals surface area contributed by atoms with Crippen molar-refractivity contribution in [2.45, 2.75) is 0 Å². The van der Waals surface area contributed by atoms with Crippen molar-refractivity contribution in [3.8, 4) is 0 Å². The van der Waals surface area contributed by atoms with Gasteiger partial charge in [-0.05, 0) is 24.3 Å². The van der Waals surface area contributed by atoms with Crippen LogP contribution in [0.5, 0.6) is 0 Å². The van der Waals surface area contributed by atoms with Gasteiger partial charge in [0.05, 0.1) is 50.8 Å². The van der Waals surface area contributed by atoms with Gasteiger partial charge in [-0.3, -0.25) is 0 Å². The van der Waals surface area contributed by atoms with Gasteiger partial charge >= 0.3 is 23.9 Å². The summed E-state index contributed by atoms with van der Waals surface area (Å²) in [6, 6.07) is 5.02. The standard InChI is InChI=1S/C8H6O4.C4H2O3.C4H10O3.C2H6O2/c9-7(10)5-1-2-6(4-3-5)8(11)12;5-3-1-2-4(6)7-3;5-1-3-7-4-2-6;3-1-2-4/h1-4H,(H,9,10)(H,11,12);1-2H;5-6H,1-4H2;3-4H,1-2H2. The van der Waals surface area contributed by atoms with Crippen molar-refractivity contribution in [1.82, 2.24) is 0 Å². The van der Waals surface area contributed by atoms with Gasteiger partial charge in [-0.15, -0.1) is 0 Å². The van der Waals surface area contributed by atoms with E-state index in [9.17, 15) is 19.2 Å². The second kappa shape index (κ2) is 19.2. The summed E-state index contributed by atoms with van der Waals surface area (Å²) in [7, 11) is 0. The molecule has 1 aromatic rings. The van der Waals surface area contributed by atoms with Gasteiger partial charge in [0.2, 0.25) is 0 Å². The number of benzene rings is 1. The van der Waals surface area contributed by atoms with E-state index in [1.165, 1.54) is 24.3 Å². The van der Waals surface area contributed by atoms with Gasteiger partial charge in [0, 0.05) is 12.2 Å². The van der Waals surface area contributed by atoms with Gasteiger partial charge in [0.25, 0.3) is 0 Å². The van der Waals surface area contributed by atoms with Crippen molar-refractivity contribution in [3.05, 3.63) is 47.5 Å². The highest BCUT2D eigenvalue weighted by Gasteiger charge is 2.10. The summed E-state index contributed by atoms with van der Waals surface area (Å²) >= 11 is 0. The second-order valence-electron chi connectivity index (χ2n) is 4.77. The van der Waals surface area contributed by atoms with E-state index in [1.54, 1.807) is 0 Å². The van der Waals surface area contributed by atoms with Crippen molar-refractivity contribution in [2.75, 3.05) is 39.6 Å². The number of carboxylic acids is 2. The Morgan fingerprint density at radius 2 is 1.03 bits per heavy atom. The maximum absolute atomic E-state index is 10.3. The van der Waals surface area contributed by atoms with E-state index in [4.69, 9.17) is 30.6 Å². The van der Waals surface area contributed by atoms with Crippen LogP contribution in [0.4, 0.5) is 0 Å². The zero-order chi connectivity index (χ0) is 23.4. The minimum atomic E-state index is -1.06. The Kier molecular flexibility index (Phi) is 18.6. The third kappa shape index (κ3) is 17.0. The number of esters is 2. The van der Waals surface area contributed by atoms with Gasteiger partial charge in [-0.2, -0.15) is 0 Å². The average molecular weight is 432 g/mol. The van der Waals surface area contributed by atoms with Crippen LogP contribution >= 0.6 is 0 Å². The second-order valence-corrected chi connectivity index (χ2v) is 4.77. The molecule has 0 radical (unpaired) electrons. The molecule has 2 rings (SSSR count). The lowest BCUT2D eigenvalue weighted by molar-refractivity contribution is -0.150. The maximum Gasteiger partial charge on any atom is 0.338 e. The molecule has 0 unspecified atom stereocenters. The largest absolute Gasteiger partial charge is 0.478 e. The van der Waals surface area contributed by atoms with E-state index in [2.05, 4.69) is 9.47 Å². The predicted octanol–water partition coefficient (Wildman–Crippen LogP) is -1.33. The van der Waals surface area contributed by atoms with E-state index in [1.807, 2.05) is 0 Å². The predicted molar refractivity (Wildman–Crippen MR) is 99.8 cm³/mol. The summed E-state index contributed by atoms with van der Waals surface area (Å²) < 4.78 is 8.60. The molecule has 1 aliphatic rings. The van der Waals surface area contributed by atoms with E-state index in [0.717, 1.165) is 12.2 Å². The van der Waals surface area contributed by atoms with Crippen LogP contribution < -0.4 is 0 Å². The number of aliphatic hydroxyl groups excluding tert-OH is 4. The van der Waals surface area contributed by atoms with Crippen LogP contribution in [0.15, 0.2) is 36.4 Å². The summed E-state index contributed by atoms with van der Waals surface area (Å²) in [5.41, 5.74) is 0.167. The highest BCUT2D eigenvalue weighted by molar-refractivity contribution is 6.04. The molecule has 0 saturated heterocycles. The van der Waals surface area contributed by atoms with Crippen LogP contribution in [0.1, 0.15) is 20.7 Å². The van der Waals surface area contributed by atoms with Crippen LogP contribution in [0, 0.1) is 0 Å². The Morgan fingerprint density at radius 3 is 1.20 bits per heavy atom. The molecule has 0 spiro atoms. The van der Waals surface area contributed by atoms with Gasteiger partial charge in [-0.25, -0.2) is 19.2 Å². The number of ether oxygens (including phenoxy) is 2. The quantitative estimate of drug-likeness (QED) is 0.168. The molecule has 0 atom stereocenters. The Balaban J connectivity index is 0. The molecule has 0 amide bonds. The first-order chi connectivity index (χ1) is 14.2. The third-order valence-corrected chi connectivity index (χ3v) is 2.51. The average Bonchev–Trinajstić information content (AvgIpc) is 3.12. The van der Waals surface area contributed by atoms with Crippen LogP contribution in [-0.4, -0.2) is 94.2 Å². The van der Waals surface area contributed by atoms with E-state index in [-0.39, 0.29) is 37.6 Å². The molecule has 30 heavy (non-hydrogen) atoms. The van der Waals surface area contributed by atoms with E-state index >= 15 is 0 Å². The monoisotopic (exact) mass is 432 g/mol. The number of carbonyl (C=O) groups is 4. The summed E-state index contributed by atoms with van der Waals surface area (Å²) in [5.74, 6) is -3.28. The molecule has 168 valence electrons. The van der Waals surface area contributed by atoms with Crippen molar-refractivity contribution in [2.24, 2.45) is 0 Å². The fourth-order valence-electron chi connectivity index (χ4n) is 1.29. The Hall–Kier alpha value is -3.16. The van der Waals surface area contributed by atoms with Gasteiger partial charge in [-0.1, -0.05) is 0 Å². The fourth-order valence-corrected chi connectivity index (χ4v) is 1.29. The molecule has 0 fully saturated rings. The molecule has 0 aromatic heterocycles. The molecule has 1 heterocycles. The highest BCUT2D eigenvalue weighted by Crippen LogP contribution is 2.03. The molecule has 0 saturated carbocycles. The lowest BCUT2D eigenvalue weighted by atomic mass is 10.1. The number of aromatic carboxylic acids is 2. The molecular formula is C18H24O12. The summed E-state index contributed by atoms with van der Waals surface area (Å²) in [4.78, 5) is 40.5. The fraction of sp³-hybridized carbons (Fsp3) is 0.333. The molecule has 0 aliphatic carbocycles. The molecular weight excluding hydrogens is 408 g/mol. The smallest absolute Gasteiger partial charge is 0.338 e. The zero-order valence-electron chi connectivity index (χ0n) is 15.8. The van der Waals surface area contributed by atoms with Gasteiger partial charge < -0.3 is 40.1 Å². The normalized spacial score (nSPS) is 11.1. The first-order valence-corrected chi connectivity index (χ1v) is 8.25. The first-order valence-electron chi connectivity index (χ1n) is 8.25. The third-order valence-electron chi connectivity index (χ3n) is 2.51. The summed E-state index contributed by atoms with van der Waals surface area (Å²) in [5, 5.41) is 48.4. The molecule has 0 bridgehead atoms. The molecule has 6 N–H and O–H groups in total. The van der Waals surface area contributed by atoms with Crippen molar-refractivity contribution in [3.63, 3.8) is 0 Å². The number of cyclic esters (lactones) is 2. The van der Waals surface area contributed by atoms with Crippen LogP contribution in [0.25, 0.3) is 0 Å². The minimum absolute atomic E-state index is 0.0278. The molecule has 12 nitrogen and oxygen atoms in total. The van der Waals surface area contributed by atoms with E-state index in [0.29, 0.717) is 13.2 Å². The topological polar surface area (TPSA) is 208 Å². The van der Waals surface area contributed by atoms with Gasteiger partial charge in [0.1, 0.15) is 0 Å². The lowest BCUT2D eigenvalue weighted by Crippen LogP contribution is -2.03.